The predicted molar refractivity (Wildman–Crippen MR) is 135 cm³/mol. The first-order chi connectivity index (χ1) is 19.1. The molecule has 0 spiro atoms. The highest BCUT2D eigenvalue weighted by atomic mass is 35.5. The number of halogens is 4. The summed E-state index contributed by atoms with van der Waals surface area (Å²) in [6, 6.07) is 6.26. The average molecular weight is 583 g/mol. The van der Waals surface area contributed by atoms with Gasteiger partial charge < -0.3 is 29.7 Å². The Hall–Kier alpha value is -3.07. The zero-order valence-corrected chi connectivity index (χ0v) is 21.8. The molecule has 7 atom stereocenters. The molecule has 1 saturated carbocycles. The summed E-state index contributed by atoms with van der Waals surface area (Å²) in [6.07, 6.45) is -3.85. The molecular weight excluding hydrogens is 557 g/mol. The third-order valence-electron chi connectivity index (χ3n) is 7.34. The number of aromatic nitrogens is 3. The zero-order chi connectivity index (χ0) is 28.7. The maximum Gasteiger partial charge on any atom is 0.259 e. The lowest BCUT2D eigenvalue weighted by atomic mass is 9.85. The van der Waals surface area contributed by atoms with Gasteiger partial charge in [-0.3, -0.25) is 4.79 Å². The van der Waals surface area contributed by atoms with Crippen molar-refractivity contribution < 1.29 is 42.8 Å². The molecule has 1 aliphatic heterocycles. The van der Waals surface area contributed by atoms with Crippen molar-refractivity contribution in [3.05, 3.63) is 65.1 Å². The Labute approximate surface area is 231 Å². The van der Waals surface area contributed by atoms with Crippen molar-refractivity contribution in [3.8, 4) is 11.3 Å². The Morgan fingerprint density at radius 3 is 2.50 bits per heavy atom. The quantitative estimate of drug-likeness (QED) is 0.362. The summed E-state index contributed by atoms with van der Waals surface area (Å²) in [5.41, 5.74) is 0.245. The van der Waals surface area contributed by atoms with E-state index in [2.05, 4.69) is 10.3 Å². The highest BCUT2D eigenvalue weighted by Crippen LogP contribution is 2.37. The van der Waals surface area contributed by atoms with E-state index in [9.17, 15) is 33.3 Å². The second-order valence-electron chi connectivity index (χ2n) is 9.70. The molecule has 5 rings (SSSR count). The molecule has 3 aromatic rings. The van der Waals surface area contributed by atoms with Gasteiger partial charge in [0, 0.05) is 23.4 Å². The fraction of sp³-hybridized carbons (Fsp3) is 0.423. The molecule has 2 aromatic carbocycles. The third-order valence-corrected chi connectivity index (χ3v) is 7.57. The van der Waals surface area contributed by atoms with Crippen molar-refractivity contribution in [1.29, 1.82) is 0 Å². The molecular formula is C26H26ClF3N4O6. The lowest BCUT2D eigenvalue weighted by Gasteiger charge is -2.47. The number of anilines is 1. The maximum atomic E-state index is 14.1. The minimum atomic E-state index is -1.64. The van der Waals surface area contributed by atoms with Crippen molar-refractivity contribution in [1.82, 2.24) is 15.0 Å². The molecule has 10 nitrogen and oxygen atoms in total. The lowest BCUT2D eigenvalue weighted by molar-refractivity contribution is -0.211. The van der Waals surface area contributed by atoms with Crippen LogP contribution in [-0.4, -0.2) is 86.5 Å². The standard InChI is InChI=1S/C26H26ClF3N4O6/c1-39-24-22(33-10-17(31-32-33)12-7-15(28)21(30)16(29)8-12)23(37)20(11-35)40-25(24)26(38)34(18-5-6-19(18)36)14-4-2-3-13(27)9-14/h2-4,7-10,18-20,22-25,35-37H,5-6,11H2,1H3/t18-,19-,20+,22-,23-,24+,25+/m0/s1. The Kier molecular flexibility index (Phi) is 8.13. The number of hydrogen-bond acceptors (Lipinski definition) is 8. The molecule has 1 amide bonds. The first-order valence-electron chi connectivity index (χ1n) is 12.4. The summed E-state index contributed by atoms with van der Waals surface area (Å²) in [7, 11) is 1.29. The topological polar surface area (TPSA) is 130 Å². The fourth-order valence-electron chi connectivity index (χ4n) is 5.13. The van der Waals surface area contributed by atoms with Gasteiger partial charge in [0.2, 0.25) is 0 Å². The van der Waals surface area contributed by atoms with Gasteiger partial charge >= 0.3 is 0 Å². The number of aliphatic hydroxyl groups is 3. The normalized spacial score (nSPS) is 28.2. The predicted octanol–water partition coefficient (Wildman–Crippen LogP) is 2.25. The summed E-state index contributed by atoms with van der Waals surface area (Å²) in [6.45, 7) is -0.670. The largest absolute Gasteiger partial charge is 0.394 e. The number of aliphatic hydroxyl groups excluding tert-OH is 3. The van der Waals surface area contributed by atoms with E-state index in [-0.39, 0.29) is 11.3 Å². The number of amides is 1. The smallest absolute Gasteiger partial charge is 0.259 e. The molecule has 1 saturated heterocycles. The minimum absolute atomic E-state index is 0.0482. The number of benzene rings is 2. The van der Waals surface area contributed by atoms with Crippen LogP contribution in [0.1, 0.15) is 18.9 Å². The van der Waals surface area contributed by atoms with Crippen LogP contribution < -0.4 is 4.90 Å². The average Bonchev–Trinajstić information content (AvgIpc) is 3.42. The molecule has 3 N–H and O–H groups in total. The van der Waals surface area contributed by atoms with Crippen LogP contribution >= 0.6 is 11.6 Å². The first-order valence-corrected chi connectivity index (χ1v) is 12.8. The SMILES string of the molecule is CO[C@@H]1[C@@H](n2cc(-c3cc(F)c(F)c(F)c3)nn2)[C@@H](O)[C@@H](CO)O[C@H]1C(=O)N(c1cccc(Cl)c1)[C@H]1CC[C@@H]1O. The van der Waals surface area contributed by atoms with Crippen LogP contribution in [0.4, 0.5) is 18.9 Å². The molecule has 1 aliphatic carbocycles. The third kappa shape index (κ3) is 5.08. The van der Waals surface area contributed by atoms with Crippen LogP contribution in [0.3, 0.4) is 0 Å². The summed E-state index contributed by atoms with van der Waals surface area (Å²) in [5.74, 6) is -5.09. The number of nitrogens with zero attached hydrogens (tertiary/aromatic N) is 4. The van der Waals surface area contributed by atoms with E-state index >= 15 is 0 Å². The first kappa shape index (κ1) is 28.5. The molecule has 2 fully saturated rings. The molecule has 0 radical (unpaired) electrons. The van der Waals surface area contributed by atoms with Gasteiger partial charge in [0.1, 0.15) is 30.0 Å². The van der Waals surface area contributed by atoms with Crippen molar-refractivity contribution >= 4 is 23.2 Å². The Bertz CT molecular complexity index is 1370. The molecule has 214 valence electrons. The zero-order valence-electron chi connectivity index (χ0n) is 21.1. The van der Waals surface area contributed by atoms with Gasteiger partial charge in [-0.05, 0) is 43.2 Å². The number of carbonyl (C=O) groups excluding carboxylic acids is 1. The Morgan fingerprint density at radius 1 is 1.20 bits per heavy atom. The fourth-order valence-corrected chi connectivity index (χ4v) is 5.31. The van der Waals surface area contributed by atoms with Crippen LogP contribution in [0.2, 0.25) is 5.02 Å². The van der Waals surface area contributed by atoms with Crippen LogP contribution in [0.15, 0.2) is 42.6 Å². The number of ether oxygens (including phenoxy) is 2. The van der Waals surface area contributed by atoms with Crippen LogP contribution in [0.5, 0.6) is 0 Å². The van der Waals surface area contributed by atoms with Gasteiger partial charge in [-0.1, -0.05) is 22.9 Å². The van der Waals surface area contributed by atoms with Crippen LogP contribution in [0, 0.1) is 17.5 Å². The molecule has 0 unspecified atom stereocenters. The number of rotatable bonds is 7. The summed E-state index contributed by atoms with van der Waals surface area (Å²) in [5, 5.41) is 39.7. The van der Waals surface area contributed by atoms with Crippen LogP contribution in [-0.2, 0) is 14.3 Å². The molecule has 2 aliphatic rings. The van der Waals surface area contributed by atoms with E-state index in [1.165, 1.54) is 18.2 Å². The van der Waals surface area contributed by atoms with Gasteiger partial charge in [0.25, 0.3) is 5.91 Å². The summed E-state index contributed by atoms with van der Waals surface area (Å²) in [4.78, 5) is 15.4. The Morgan fingerprint density at radius 2 is 1.93 bits per heavy atom. The van der Waals surface area contributed by atoms with E-state index < -0.39 is 72.6 Å². The van der Waals surface area contributed by atoms with Gasteiger partial charge in [0.05, 0.1) is 24.9 Å². The van der Waals surface area contributed by atoms with Crippen molar-refractivity contribution in [2.75, 3.05) is 18.6 Å². The minimum Gasteiger partial charge on any atom is -0.394 e. The van der Waals surface area contributed by atoms with E-state index in [1.54, 1.807) is 24.3 Å². The van der Waals surface area contributed by atoms with E-state index in [0.717, 1.165) is 16.8 Å². The highest BCUT2D eigenvalue weighted by molar-refractivity contribution is 6.31. The second-order valence-corrected chi connectivity index (χ2v) is 10.1. The molecule has 0 bridgehead atoms. The van der Waals surface area contributed by atoms with Gasteiger partial charge in [-0.25, -0.2) is 17.9 Å². The number of carbonyl (C=O) groups is 1. The van der Waals surface area contributed by atoms with E-state index in [1.807, 2.05) is 0 Å². The van der Waals surface area contributed by atoms with E-state index in [0.29, 0.717) is 23.6 Å². The summed E-state index contributed by atoms with van der Waals surface area (Å²) < 4.78 is 53.7. The molecule has 2 heterocycles. The Balaban J connectivity index is 1.52. The second kappa shape index (κ2) is 11.4. The van der Waals surface area contributed by atoms with Crippen molar-refractivity contribution in [2.45, 2.75) is 55.4 Å². The van der Waals surface area contributed by atoms with Crippen LogP contribution in [0.25, 0.3) is 11.3 Å². The van der Waals surface area contributed by atoms with Crippen molar-refractivity contribution in [2.24, 2.45) is 0 Å². The molecule has 40 heavy (non-hydrogen) atoms. The lowest BCUT2D eigenvalue weighted by Crippen LogP contribution is -2.64. The van der Waals surface area contributed by atoms with Crippen molar-refractivity contribution in [3.63, 3.8) is 0 Å². The van der Waals surface area contributed by atoms with Gasteiger partial charge in [-0.15, -0.1) is 5.10 Å². The van der Waals surface area contributed by atoms with Gasteiger partial charge in [0.15, 0.2) is 23.6 Å². The highest BCUT2D eigenvalue weighted by Gasteiger charge is 2.52. The van der Waals surface area contributed by atoms with E-state index in [4.69, 9.17) is 21.1 Å². The summed E-state index contributed by atoms with van der Waals surface area (Å²) >= 11 is 6.18. The molecule has 1 aromatic heterocycles. The number of hydrogen-bond donors (Lipinski definition) is 3. The molecule has 14 heteroatoms. The monoisotopic (exact) mass is 582 g/mol. The van der Waals surface area contributed by atoms with Gasteiger partial charge in [-0.2, -0.15) is 0 Å². The maximum absolute atomic E-state index is 14.1. The number of methoxy groups -OCH3 is 1.